The highest BCUT2D eigenvalue weighted by Crippen LogP contribution is 2.27. The molecular weight excluding hydrogens is 206 g/mol. The Morgan fingerprint density at radius 1 is 1.62 bits per heavy atom. The zero-order valence-corrected chi connectivity index (χ0v) is 10.5. The highest BCUT2D eigenvalue weighted by Gasteiger charge is 2.42. The number of rotatable bonds is 5. The number of carbonyl (C=O) groups is 1. The van der Waals surface area contributed by atoms with Gasteiger partial charge < -0.3 is 15.2 Å². The first-order valence-corrected chi connectivity index (χ1v) is 6.10. The summed E-state index contributed by atoms with van der Waals surface area (Å²) in [5.41, 5.74) is -0.775. The lowest BCUT2D eigenvalue weighted by atomic mass is 9.85. The molecule has 1 aliphatic rings. The Labute approximate surface area is 97.4 Å². The standard InChI is InChI=1S/C12H23NO3/c1-4-10-7-12(11(14)15,5-6-16-10)13-8-9(2)3/h9-10,13H,4-8H2,1-3H3,(H,14,15). The molecule has 1 heterocycles. The second-order valence-electron chi connectivity index (χ2n) is 5.02. The van der Waals surface area contributed by atoms with Crippen LogP contribution in [0.4, 0.5) is 0 Å². The molecule has 1 aliphatic heterocycles. The number of carboxylic acids is 1. The minimum absolute atomic E-state index is 0.0736. The molecule has 1 fully saturated rings. The van der Waals surface area contributed by atoms with E-state index in [0.717, 1.165) is 13.0 Å². The first-order chi connectivity index (χ1) is 7.50. The first kappa shape index (κ1) is 13.5. The van der Waals surface area contributed by atoms with Crippen molar-refractivity contribution in [1.29, 1.82) is 0 Å². The van der Waals surface area contributed by atoms with Crippen LogP contribution in [0.25, 0.3) is 0 Å². The molecule has 0 aromatic rings. The molecule has 4 heteroatoms. The van der Waals surface area contributed by atoms with Crippen LogP contribution in [-0.4, -0.2) is 35.9 Å². The van der Waals surface area contributed by atoms with Gasteiger partial charge >= 0.3 is 5.97 Å². The van der Waals surface area contributed by atoms with E-state index in [4.69, 9.17) is 4.74 Å². The molecule has 0 radical (unpaired) electrons. The summed E-state index contributed by atoms with van der Waals surface area (Å²) in [7, 11) is 0. The van der Waals surface area contributed by atoms with Gasteiger partial charge in [-0.2, -0.15) is 0 Å². The summed E-state index contributed by atoms with van der Waals surface area (Å²) in [6, 6.07) is 0. The molecule has 16 heavy (non-hydrogen) atoms. The first-order valence-electron chi connectivity index (χ1n) is 6.10. The highest BCUT2D eigenvalue weighted by molar-refractivity contribution is 5.79. The van der Waals surface area contributed by atoms with Crippen molar-refractivity contribution in [1.82, 2.24) is 5.32 Å². The molecule has 1 saturated heterocycles. The lowest BCUT2D eigenvalue weighted by Gasteiger charge is -2.38. The fourth-order valence-electron chi connectivity index (χ4n) is 2.04. The largest absolute Gasteiger partial charge is 0.480 e. The number of ether oxygens (including phenoxy) is 1. The van der Waals surface area contributed by atoms with Gasteiger partial charge in [0.05, 0.1) is 6.10 Å². The van der Waals surface area contributed by atoms with Crippen LogP contribution in [0, 0.1) is 5.92 Å². The Bertz CT molecular complexity index is 242. The van der Waals surface area contributed by atoms with Crippen molar-refractivity contribution >= 4 is 5.97 Å². The maximum atomic E-state index is 11.4. The van der Waals surface area contributed by atoms with Crippen molar-refractivity contribution in [2.24, 2.45) is 5.92 Å². The summed E-state index contributed by atoms with van der Waals surface area (Å²) in [6.45, 7) is 7.47. The van der Waals surface area contributed by atoms with Crippen molar-refractivity contribution in [2.75, 3.05) is 13.2 Å². The molecule has 0 aromatic carbocycles. The molecule has 4 nitrogen and oxygen atoms in total. The van der Waals surface area contributed by atoms with E-state index < -0.39 is 11.5 Å². The van der Waals surface area contributed by atoms with Crippen LogP contribution in [0.5, 0.6) is 0 Å². The maximum absolute atomic E-state index is 11.4. The molecule has 0 aliphatic carbocycles. The normalized spacial score (nSPS) is 30.6. The van der Waals surface area contributed by atoms with Gasteiger partial charge in [0.2, 0.25) is 0 Å². The van der Waals surface area contributed by atoms with Gasteiger partial charge in [0.1, 0.15) is 5.54 Å². The molecule has 2 N–H and O–H groups in total. The van der Waals surface area contributed by atoms with Crippen molar-refractivity contribution in [3.63, 3.8) is 0 Å². The number of hydrogen-bond acceptors (Lipinski definition) is 3. The summed E-state index contributed by atoms with van der Waals surface area (Å²) < 4.78 is 5.54. The third kappa shape index (κ3) is 3.19. The van der Waals surface area contributed by atoms with E-state index in [2.05, 4.69) is 19.2 Å². The van der Waals surface area contributed by atoms with Gasteiger partial charge in [-0.05, 0) is 25.3 Å². The summed E-state index contributed by atoms with van der Waals surface area (Å²) in [5, 5.41) is 12.6. The summed E-state index contributed by atoms with van der Waals surface area (Å²) in [6.07, 6.45) is 2.08. The Morgan fingerprint density at radius 2 is 2.31 bits per heavy atom. The van der Waals surface area contributed by atoms with Gasteiger partial charge in [-0.15, -0.1) is 0 Å². The molecular formula is C12H23NO3. The van der Waals surface area contributed by atoms with Gasteiger partial charge in [-0.3, -0.25) is 4.79 Å². The molecule has 0 spiro atoms. The average Bonchev–Trinajstić information content (AvgIpc) is 2.26. The van der Waals surface area contributed by atoms with Crippen molar-refractivity contribution < 1.29 is 14.6 Å². The SMILES string of the molecule is CCC1CC(NCC(C)C)(C(=O)O)CCO1. The summed E-state index contributed by atoms with van der Waals surface area (Å²) in [4.78, 5) is 11.4. The summed E-state index contributed by atoms with van der Waals surface area (Å²) in [5.74, 6) is -0.283. The van der Waals surface area contributed by atoms with E-state index in [1.165, 1.54) is 0 Å². The smallest absolute Gasteiger partial charge is 0.324 e. The molecule has 94 valence electrons. The van der Waals surface area contributed by atoms with Crippen LogP contribution < -0.4 is 5.32 Å². The third-order valence-corrected chi connectivity index (χ3v) is 3.17. The fraction of sp³-hybridized carbons (Fsp3) is 0.917. The van der Waals surface area contributed by atoms with Gasteiger partial charge in [0.25, 0.3) is 0 Å². The van der Waals surface area contributed by atoms with E-state index in [-0.39, 0.29) is 6.10 Å². The minimum Gasteiger partial charge on any atom is -0.480 e. The zero-order chi connectivity index (χ0) is 12.2. The molecule has 2 atom stereocenters. The lowest BCUT2D eigenvalue weighted by molar-refractivity contribution is -0.152. The molecule has 2 unspecified atom stereocenters. The number of nitrogens with one attached hydrogen (secondary N) is 1. The topological polar surface area (TPSA) is 58.6 Å². The number of carboxylic acid groups (broad SMARTS) is 1. The molecule has 0 saturated carbocycles. The van der Waals surface area contributed by atoms with Crippen LogP contribution in [0.15, 0.2) is 0 Å². The number of hydrogen-bond donors (Lipinski definition) is 2. The second kappa shape index (κ2) is 5.64. The molecule has 0 bridgehead atoms. The Balaban J connectivity index is 2.67. The molecule has 1 rings (SSSR count). The summed E-state index contributed by atoms with van der Waals surface area (Å²) >= 11 is 0. The second-order valence-corrected chi connectivity index (χ2v) is 5.02. The van der Waals surface area contributed by atoms with E-state index in [1.807, 2.05) is 6.92 Å². The predicted molar refractivity (Wildman–Crippen MR) is 62.5 cm³/mol. The Kier molecular flexibility index (Phi) is 4.74. The third-order valence-electron chi connectivity index (χ3n) is 3.17. The van der Waals surface area contributed by atoms with Gasteiger partial charge in [0, 0.05) is 13.0 Å². The number of aliphatic carboxylic acids is 1. The average molecular weight is 229 g/mol. The van der Waals surface area contributed by atoms with Gasteiger partial charge in [0.15, 0.2) is 0 Å². The predicted octanol–water partition coefficient (Wildman–Crippen LogP) is 1.64. The van der Waals surface area contributed by atoms with Gasteiger partial charge in [-0.1, -0.05) is 20.8 Å². The van der Waals surface area contributed by atoms with Crippen LogP contribution in [0.3, 0.4) is 0 Å². The monoisotopic (exact) mass is 229 g/mol. The van der Waals surface area contributed by atoms with Crippen LogP contribution in [0.1, 0.15) is 40.0 Å². The van der Waals surface area contributed by atoms with Crippen LogP contribution in [-0.2, 0) is 9.53 Å². The molecule has 0 amide bonds. The lowest BCUT2D eigenvalue weighted by Crippen LogP contribution is -2.58. The zero-order valence-electron chi connectivity index (χ0n) is 10.5. The van der Waals surface area contributed by atoms with Gasteiger partial charge in [-0.25, -0.2) is 0 Å². The highest BCUT2D eigenvalue weighted by atomic mass is 16.5. The van der Waals surface area contributed by atoms with Crippen molar-refractivity contribution in [3.05, 3.63) is 0 Å². The maximum Gasteiger partial charge on any atom is 0.324 e. The van der Waals surface area contributed by atoms with Crippen molar-refractivity contribution in [2.45, 2.75) is 51.7 Å². The quantitative estimate of drug-likeness (QED) is 0.752. The Morgan fingerprint density at radius 3 is 2.81 bits per heavy atom. The van der Waals surface area contributed by atoms with E-state index in [1.54, 1.807) is 0 Å². The minimum atomic E-state index is -0.775. The van der Waals surface area contributed by atoms with E-state index >= 15 is 0 Å². The van der Waals surface area contributed by atoms with E-state index in [0.29, 0.717) is 25.4 Å². The van der Waals surface area contributed by atoms with Crippen molar-refractivity contribution in [3.8, 4) is 0 Å². The molecule has 0 aromatic heterocycles. The van der Waals surface area contributed by atoms with E-state index in [9.17, 15) is 9.90 Å². The van der Waals surface area contributed by atoms with Crippen LogP contribution >= 0.6 is 0 Å². The fourth-order valence-corrected chi connectivity index (χ4v) is 2.04. The Hall–Kier alpha value is -0.610. The van der Waals surface area contributed by atoms with Crippen LogP contribution in [0.2, 0.25) is 0 Å².